The Morgan fingerprint density at radius 2 is 2.18 bits per heavy atom. The summed E-state index contributed by atoms with van der Waals surface area (Å²) in [5, 5.41) is 16.7. The van der Waals surface area contributed by atoms with Crippen molar-refractivity contribution in [1.29, 1.82) is 0 Å². The Bertz CT molecular complexity index is 528. The molecule has 0 amide bonds. The lowest BCUT2D eigenvalue weighted by Crippen LogP contribution is -1.98. The van der Waals surface area contributed by atoms with Crippen LogP contribution in [0.4, 0.5) is 0 Å². The molecule has 0 saturated heterocycles. The summed E-state index contributed by atoms with van der Waals surface area (Å²) < 4.78 is 1.98. The van der Waals surface area contributed by atoms with Crippen LogP contribution >= 0.6 is 11.3 Å². The Morgan fingerprint density at radius 1 is 1.47 bits per heavy atom. The maximum absolute atomic E-state index is 9.50. The molecule has 2 aromatic rings. The molecule has 92 valence electrons. The van der Waals surface area contributed by atoms with Crippen molar-refractivity contribution in [2.45, 2.75) is 40.3 Å². The molecular weight excluding hydrogens is 234 g/mol. The number of aromatic nitrogens is 3. The van der Waals surface area contributed by atoms with Crippen LogP contribution in [0.25, 0.3) is 11.3 Å². The number of thiazole rings is 1. The van der Waals surface area contributed by atoms with Crippen LogP contribution in [-0.2, 0) is 6.54 Å². The molecular formula is C12H17N3OS. The molecule has 0 radical (unpaired) electrons. The summed E-state index contributed by atoms with van der Waals surface area (Å²) in [6.45, 7) is 8.72. The van der Waals surface area contributed by atoms with Gasteiger partial charge in [-0.3, -0.25) is 4.68 Å². The topological polar surface area (TPSA) is 50.9 Å². The molecule has 2 heterocycles. The SMILES string of the molecule is CCn1nc(C)c(-c2csc(C(C)O)n2)c1C. The first-order valence-electron chi connectivity index (χ1n) is 5.72. The minimum atomic E-state index is -0.504. The molecule has 17 heavy (non-hydrogen) atoms. The number of aliphatic hydroxyl groups excluding tert-OH is 1. The zero-order chi connectivity index (χ0) is 12.6. The molecule has 0 bridgehead atoms. The van der Waals surface area contributed by atoms with Crippen molar-refractivity contribution in [3.8, 4) is 11.3 Å². The molecule has 0 fully saturated rings. The quantitative estimate of drug-likeness (QED) is 0.912. The second-order valence-electron chi connectivity index (χ2n) is 4.11. The maximum atomic E-state index is 9.50. The molecule has 4 nitrogen and oxygen atoms in total. The van der Waals surface area contributed by atoms with E-state index in [1.165, 1.54) is 11.3 Å². The Morgan fingerprint density at radius 3 is 2.65 bits per heavy atom. The maximum Gasteiger partial charge on any atom is 0.122 e. The first-order valence-corrected chi connectivity index (χ1v) is 6.60. The zero-order valence-corrected chi connectivity index (χ0v) is 11.4. The predicted molar refractivity (Wildman–Crippen MR) is 69.1 cm³/mol. The zero-order valence-electron chi connectivity index (χ0n) is 10.6. The standard InChI is InChI=1S/C12H17N3OS/c1-5-15-8(3)11(7(2)14-15)10-6-17-12(13-10)9(4)16/h6,9,16H,5H2,1-4H3. The smallest absolute Gasteiger partial charge is 0.122 e. The number of aryl methyl sites for hydroxylation is 2. The second-order valence-corrected chi connectivity index (χ2v) is 5.00. The van der Waals surface area contributed by atoms with Gasteiger partial charge < -0.3 is 5.11 Å². The summed E-state index contributed by atoms with van der Waals surface area (Å²) in [6.07, 6.45) is -0.504. The Hall–Kier alpha value is -1.20. The van der Waals surface area contributed by atoms with Gasteiger partial charge in [-0.2, -0.15) is 5.10 Å². The van der Waals surface area contributed by atoms with Crippen LogP contribution in [0.1, 0.15) is 36.3 Å². The van der Waals surface area contributed by atoms with Gasteiger partial charge in [0.05, 0.1) is 11.4 Å². The fourth-order valence-corrected chi connectivity index (χ4v) is 2.72. The van der Waals surface area contributed by atoms with E-state index in [2.05, 4.69) is 23.9 Å². The van der Waals surface area contributed by atoms with E-state index in [1.54, 1.807) is 6.92 Å². The van der Waals surface area contributed by atoms with Crippen molar-refractivity contribution >= 4 is 11.3 Å². The van der Waals surface area contributed by atoms with Gasteiger partial charge in [0.15, 0.2) is 0 Å². The molecule has 0 saturated carbocycles. The van der Waals surface area contributed by atoms with Crippen LogP contribution in [0.5, 0.6) is 0 Å². The highest BCUT2D eigenvalue weighted by molar-refractivity contribution is 7.10. The van der Waals surface area contributed by atoms with Crippen molar-refractivity contribution in [3.63, 3.8) is 0 Å². The van der Waals surface area contributed by atoms with Gasteiger partial charge in [-0.05, 0) is 27.7 Å². The Kier molecular flexibility index (Phi) is 3.31. The molecule has 0 spiro atoms. The van der Waals surface area contributed by atoms with Crippen LogP contribution in [-0.4, -0.2) is 19.9 Å². The lowest BCUT2D eigenvalue weighted by atomic mass is 10.1. The van der Waals surface area contributed by atoms with E-state index in [4.69, 9.17) is 0 Å². The summed E-state index contributed by atoms with van der Waals surface area (Å²) >= 11 is 1.49. The number of hydrogen-bond acceptors (Lipinski definition) is 4. The third-order valence-electron chi connectivity index (χ3n) is 2.82. The normalized spacial score (nSPS) is 13.0. The van der Waals surface area contributed by atoms with Gasteiger partial charge in [0.1, 0.15) is 11.1 Å². The van der Waals surface area contributed by atoms with Gasteiger partial charge in [0.2, 0.25) is 0 Å². The van der Waals surface area contributed by atoms with Gasteiger partial charge in [-0.1, -0.05) is 0 Å². The lowest BCUT2D eigenvalue weighted by molar-refractivity contribution is 0.199. The summed E-state index contributed by atoms with van der Waals surface area (Å²) in [5.41, 5.74) is 4.13. The van der Waals surface area contributed by atoms with Crippen LogP contribution in [0.3, 0.4) is 0 Å². The highest BCUT2D eigenvalue weighted by Gasteiger charge is 2.16. The van der Waals surface area contributed by atoms with Gasteiger partial charge >= 0.3 is 0 Å². The summed E-state index contributed by atoms with van der Waals surface area (Å²) in [4.78, 5) is 4.46. The largest absolute Gasteiger partial charge is 0.386 e. The number of aliphatic hydroxyl groups is 1. The molecule has 0 aromatic carbocycles. The first-order chi connectivity index (χ1) is 8.04. The van der Waals surface area contributed by atoms with E-state index in [0.717, 1.165) is 34.2 Å². The van der Waals surface area contributed by atoms with Crippen molar-refractivity contribution in [2.24, 2.45) is 0 Å². The van der Waals surface area contributed by atoms with Crippen LogP contribution < -0.4 is 0 Å². The minimum absolute atomic E-state index is 0.504. The molecule has 5 heteroatoms. The summed E-state index contributed by atoms with van der Waals surface area (Å²) in [5.74, 6) is 0. The van der Waals surface area contributed by atoms with Crippen molar-refractivity contribution in [1.82, 2.24) is 14.8 Å². The first kappa shape index (κ1) is 12.3. The summed E-state index contributed by atoms with van der Waals surface area (Å²) in [7, 11) is 0. The van der Waals surface area contributed by atoms with E-state index >= 15 is 0 Å². The second kappa shape index (κ2) is 4.58. The van der Waals surface area contributed by atoms with Crippen LogP contribution in [0, 0.1) is 13.8 Å². The van der Waals surface area contributed by atoms with E-state index in [0.29, 0.717) is 0 Å². The third-order valence-corrected chi connectivity index (χ3v) is 3.83. The number of nitrogens with zero attached hydrogens (tertiary/aromatic N) is 3. The van der Waals surface area contributed by atoms with Gasteiger partial charge in [-0.15, -0.1) is 11.3 Å². The van der Waals surface area contributed by atoms with Gasteiger partial charge in [-0.25, -0.2) is 4.98 Å². The Labute approximate surface area is 105 Å². The van der Waals surface area contributed by atoms with E-state index in [9.17, 15) is 5.11 Å². The number of rotatable bonds is 3. The minimum Gasteiger partial charge on any atom is -0.386 e. The average molecular weight is 251 g/mol. The van der Waals surface area contributed by atoms with E-state index < -0.39 is 6.10 Å². The fourth-order valence-electron chi connectivity index (χ4n) is 1.97. The molecule has 1 atom stereocenters. The Balaban J connectivity index is 2.48. The monoisotopic (exact) mass is 251 g/mol. The van der Waals surface area contributed by atoms with Crippen molar-refractivity contribution < 1.29 is 5.11 Å². The molecule has 2 rings (SSSR count). The molecule has 1 unspecified atom stereocenters. The van der Waals surface area contributed by atoms with Crippen LogP contribution in [0.2, 0.25) is 0 Å². The predicted octanol–water partition coefficient (Wildman–Crippen LogP) is 2.70. The third kappa shape index (κ3) is 2.12. The molecule has 0 aliphatic rings. The highest BCUT2D eigenvalue weighted by atomic mass is 32.1. The van der Waals surface area contributed by atoms with E-state index in [1.807, 2.05) is 17.0 Å². The van der Waals surface area contributed by atoms with E-state index in [-0.39, 0.29) is 0 Å². The summed E-state index contributed by atoms with van der Waals surface area (Å²) in [6, 6.07) is 0. The molecule has 1 N–H and O–H groups in total. The van der Waals surface area contributed by atoms with Crippen LogP contribution in [0.15, 0.2) is 5.38 Å². The molecule has 0 aliphatic heterocycles. The highest BCUT2D eigenvalue weighted by Crippen LogP contribution is 2.29. The van der Waals surface area contributed by atoms with Gasteiger partial charge in [0, 0.05) is 23.2 Å². The van der Waals surface area contributed by atoms with Crippen molar-refractivity contribution in [3.05, 3.63) is 21.8 Å². The fraction of sp³-hybridized carbons (Fsp3) is 0.500. The van der Waals surface area contributed by atoms with Crippen molar-refractivity contribution in [2.75, 3.05) is 0 Å². The number of hydrogen-bond donors (Lipinski definition) is 1. The lowest BCUT2D eigenvalue weighted by Gasteiger charge is -2.00. The average Bonchev–Trinajstić information content (AvgIpc) is 2.83. The molecule has 0 aliphatic carbocycles. The molecule has 2 aromatic heterocycles. The van der Waals surface area contributed by atoms with Gasteiger partial charge in [0.25, 0.3) is 0 Å².